The van der Waals surface area contributed by atoms with Gasteiger partial charge in [0, 0.05) is 41.7 Å². The molecule has 0 bridgehead atoms. The highest BCUT2D eigenvalue weighted by Crippen LogP contribution is 2.28. The molecule has 128 valence electrons. The van der Waals surface area contributed by atoms with Gasteiger partial charge in [0.2, 0.25) is 0 Å². The van der Waals surface area contributed by atoms with Crippen molar-refractivity contribution in [2.45, 2.75) is 18.5 Å². The molecule has 5 heteroatoms. The summed E-state index contributed by atoms with van der Waals surface area (Å²) in [5.41, 5.74) is 9.50. The molecule has 4 rings (SSSR count). The number of benzene rings is 2. The fraction of sp³-hybridized carbons (Fsp3) is 0.250. The van der Waals surface area contributed by atoms with Gasteiger partial charge in [-0.3, -0.25) is 4.90 Å². The molecule has 0 saturated carbocycles. The van der Waals surface area contributed by atoms with Crippen molar-refractivity contribution < 1.29 is 4.52 Å². The largest absolute Gasteiger partial charge is 0.359 e. The maximum atomic E-state index is 6.37. The number of halogens is 1. The Hall–Kier alpha value is -2.14. The van der Waals surface area contributed by atoms with Gasteiger partial charge in [0.25, 0.3) is 0 Å². The van der Waals surface area contributed by atoms with Crippen LogP contribution in [-0.2, 0) is 6.54 Å². The molecule has 4 nitrogen and oxygen atoms in total. The first kappa shape index (κ1) is 16.3. The van der Waals surface area contributed by atoms with Crippen molar-refractivity contribution in [1.29, 1.82) is 0 Å². The molecule has 0 aliphatic carbocycles. The lowest BCUT2D eigenvalue weighted by Gasteiger charge is -2.14. The Morgan fingerprint density at radius 2 is 1.84 bits per heavy atom. The number of rotatable bonds is 4. The zero-order chi connectivity index (χ0) is 17.2. The topological polar surface area (TPSA) is 55.3 Å². The third-order valence-electron chi connectivity index (χ3n) is 4.75. The van der Waals surface area contributed by atoms with Crippen LogP contribution in [0.3, 0.4) is 0 Å². The maximum absolute atomic E-state index is 6.37. The molecule has 1 fully saturated rings. The summed E-state index contributed by atoms with van der Waals surface area (Å²) < 4.78 is 5.52. The van der Waals surface area contributed by atoms with Crippen LogP contribution in [0.15, 0.2) is 65.2 Å². The normalized spacial score (nSPS) is 20.9. The number of hydrogen-bond acceptors (Lipinski definition) is 4. The minimum atomic E-state index is 0.140. The summed E-state index contributed by atoms with van der Waals surface area (Å²) >= 11 is 5.93. The molecule has 0 amide bonds. The SMILES string of the molecule is N[C@@H]1CN(Cc2cc(-c3ccc(Cl)cc3)no2)C[C@H]1c1ccccc1. The number of nitrogens with zero attached hydrogens (tertiary/aromatic N) is 2. The summed E-state index contributed by atoms with van der Waals surface area (Å²) in [6.07, 6.45) is 0. The van der Waals surface area contributed by atoms with Gasteiger partial charge >= 0.3 is 0 Å². The molecule has 1 saturated heterocycles. The van der Waals surface area contributed by atoms with E-state index in [0.717, 1.165) is 36.7 Å². The molecular formula is C20H20ClN3O. The maximum Gasteiger partial charge on any atom is 0.151 e. The smallest absolute Gasteiger partial charge is 0.151 e. The van der Waals surface area contributed by atoms with Crippen molar-refractivity contribution in [2.75, 3.05) is 13.1 Å². The first-order valence-corrected chi connectivity index (χ1v) is 8.81. The lowest BCUT2D eigenvalue weighted by Crippen LogP contribution is -2.28. The van der Waals surface area contributed by atoms with Crippen LogP contribution < -0.4 is 5.73 Å². The third kappa shape index (κ3) is 3.61. The zero-order valence-corrected chi connectivity index (χ0v) is 14.6. The molecule has 2 N–H and O–H groups in total. The first-order valence-electron chi connectivity index (χ1n) is 8.43. The molecule has 1 aliphatic rings. The molecule has 3 aromatic rings. The molecule has 2 atom stereocenters. The third-order valence-corrected chi connectivity index (χ3v) is 5.00. The lowest BCUT2D eigenvalue weighted by molar-refractivity contribution is 0.270. The second kappa shape index (κ2) is 7.00. The highest BCUT2D eigenvalue weighted by molar-refractivity contribution is 6.30. The number of likely N-dealkylation sites (tertiary alicyclic amines) is 1. The van der Waals surface area contributed by atoms with E-state index >= 15 is 0 Å². The molecule has 1 aromatic heterocycles. The van der Waals surface area contributed by atoms with E-state index in [1.807, 2.05) is 36.4 Å². The molecule has 1 aliphatic heterocycles. The number of aromatic nitrogens is 1. The van der Waals surface area contributed by atoms with Crippen LogP contribution in [0.2, 0.25) is 5.02 Å². The fourth-order valence-electron chi connectivity index (χ4n) is 3.46. The minimum absolute atomic E-state index is 0.140. The zero-order valence-electron chi connectivity index (χ0n) is 13.8. The quantitative estimate of drug-likeness (QED) is 0.772. The Balaban J connectivity index is 1.44. The van der Waals surface area contributed by atoms with E-state index in [-0.39, 0.29) is 6.04 Å². The van der Waals surface area contributed by atoms with Crippen molar-refractivity contribution >= 4 is 11.6 Å². The predicted molar refractivity (Wildman–Crippen MR) is 99.4 cm³/mol. The lowest BCUT2D eigenvalue weighted by atomic mass is 9.95. The standard InChI is InChI=1S/C20H20ClN3O/c21-16-8-6-15(7-9-16)20-10-17(25-23-20)11-24-12-18(19(22)13-24)14-4-2-1-3-5-14/h1-10,18-19H,11-13,22H2/t18-,19+/m0/s1. The Morgan fingerprint density at radius 1 is 1.08 bits per heavy atom. The molecule has 0 unspecified atom stereocenters. The summed E-state index contributed by atoms with van der Waals surface area (Å²) in [7, 11) is 0. The molecule has 0 spiro atoms. The van der Waals surface area contributed by atoms with Crippen LogP contribution in [0.4, 0.5) is 0 Å². The van der Waals surface area contributed by atoms with Gasteiger partial charge in [-0.05, 0) is 17.7 Å². The van der Waals surface area contributed by atoms with Crippen LogP contribution in [0.25, 0.3) is 11.3 Å². The van der Waals surface area contributed by atoms with Gasteiger partial charge in [-0.15, -0.1) is 0 Å². The van der Waals surface area contributed by atoms with E-state index in [9.17, 15) is 0 Å². The van der Waals surface area contributed by atoms with Gasteiger partial charge in [0.15, 0.2) is 5.76 Å². The van der Waals surface area contributed by atoms with E-state index in [4.69, 9.17) is 21.9 Å². The first-order chi connectivity index (χ1) is 12.2. The predicted octanol–water partition coefficient (Wildman–Crippen LogP) is 3.92. The molecule has 2 heterocycles. The summed E-state index contributed by atoms with van der Waals surface area (Å²) in [6, 6.07) is 20.2. The number of hydrogen-bond donors (Lipinski definition) is 1. The Kier molecular flexibility index (Phi) is 4.57. The summed E-state index contributed by atoms with van der Waals surface area (Å²) in [5, 5.41) is 4.89. The van der Waals surface area contributed by atoms with Gasteiger partial charge in [-0.1, -0.05) is 59.2 Å². The van der Waals surface area contributed by atoms with E-state index in [2.05, 4.69) is 34.3 Å². The minimum Gasteiger partial charge on any atom is -0.359 e. The van der Waals surface area contributed by atoms with Crippen LogP contribution in [0.1, 0.15) is 17.2 Å². The van der Waals surface area contributed by atoms with E-state index in [0.29, 0.717) is 10.9 Å². The monoisotopic (exact) mass is 353 g/mol. The Bertz CT molecular complexity index is 832. The average Bonchev–Trinajstić information content (AvgIpc) is 3.23. The molecule has 0 radical (unpaired) electrons. The summed E-state index contributed by atoms with van der Waals surface area (Å²) in [5.74, 6) is 1.21. The highest BCUT2D eigenvalue weighted by Gasteiger charge is 2.31. The molecule has 2 aromatic carbocycles. The van der Waals surface area contributed by atoms with E-state index in [1.165, 1.54) is 5.56 Å². The summed E-state index contributed by atoms with van der Waals surface area (Å²) in [6.45, 7) is 2.51. The number of nitrogens with two attached hydrogens (primary N) is 1. The summed E-state index contributed by atoms with van der Waals surface area (Å²) in [4.78, 5) is 2.33. The van der Waals surface area contributed by atoms with Gasteiger partial charge in [0.1, 0.15) is 5.69 Å². The van der Waals surface area contributed by atoms with Gasteiger partial charge in [-0.25, -0.2) is 0 Å². The van der Waals surface area contributed by atoms with E-state index < -0.39 is 0 Å². The van der Waals surface area contributed by atoms with Crippen LogP contribution in [0.5, 0.6) is 0 Å². The van der Waals surface area contributed by atoms with Crippen LogP contribution >= 0.6 is 11.6 Å². The fourth-order valence-corrected chi connectivity index (χ4v) is 3.59. The Morgan fingerprint density at radius 3 is 2.60 bits per heavy atom. The van der Waals surface area contributed by atoms with E-state index in [1.54, 1.807) is 0 Å². The van der Waals surface area contributed by atoms with Gasteiger partial charge < -0.3 is 10.3 Å². The van der Waals surface area contributed by atoms with Crippen LogP contribution in [0, 0.1) is 0 Å². The molecular weight excluding hydrogens is 334 g/mol. The van der Waals surface area contributed by atoms with Crippen molar-refractivity contribution in [3.8, 4) is 11.3 Å². The average molecular weight is 354 g/mol. The highest BCUT2D eigenvalue weighted by atomic mass is 35.5. The Labute approximate surface area is 152 Å². The van der Waals surface area contributed by atoms with Crippen LogP contribution in [-0.4, -0.2) is 29.2 Å². The van der Waals surface area contributed by atoms with Gasteiger partial charge in [-0.2, -0.15) is 0 Å². The second-order valence-electron chi connectivity index (χ2n) is 6.56. The van der Waals surface area contributed by atoms with Crippen molar-refractivity contribution in [3.05, 3.63) is 77.0 Å². The second-order valence-corrected chi connectivity index (χ2v) is 7.00. The molecule has 25 heavy (non-hydrogen) atoms. The van der Waals surface area contributed by atoms with Crippen molar-refractivity contribution in [3.63, 3.8) is 0 Å². The van der Waals surface area contributed by atoms with Gasteiger partial charge in [0.05, 0.1) is 6.54 Å². The van der Waals surface area contributed by atoms with Crippen molar-refractivity contribution in [2.24, 2.45) is 5.73 Å². The van der Waals surface area contributed by atoms with Crippen molar-refractivity contribution in [1.82, 2.24) is 10.1 Å².